The Hall–Kier alpha value is -4.36. The lowest BCUT2D eigenvalue weighted by Crippen LogP contribution is -2.36. The molecule has 0 aliphatic carbocycles. The summed E-state index contributed by atoms with van der Waals surface area (Å²) in [7, 11) is 0. The number of carboxylic acid groups (broad SMARTS) is 1. The number of nitrogens with two attached hydrogens (primary N) is 1. The monoisotopic (exact) mass is 595 g/mol. The molecule has 4 rings (SSSR count). The highest BCUT2D eigenvalue weighted by Crippen LogP contribution is 2.36. The van der Waals surface area contributed by atoms with Gasteiger partial charge in [-0.25, -0.2) is 14.8 Å². The van der Waals surface area contributed by atoms with Crippen LogP contribution in [0, 0.1) is 0 Å². The van der Waals surface area contributed by atoms with Crippen molar-refractivity contribution >= 4 is 23.6 Å². The summed E-state index contributed by atoms with van der Waals surface area (Å²) in [6.45, 7) is 0.847. The van der Waals surface area contributed by atoms with Gasteiger partial charge in [-0.3, -0.25) is 4.79 Å². The highest BCUT2D eigenvalue weighted by atomic mass is 19.4. The molecule has 1 fully saturated rings. The van der Waals surface area contributed by atoms with Gasteiger partial charge < -0.3 is 21.1 Å². The largest absolute Gasteiger partial charge is 0.465 e. The average Bonchev–Trinajstić information content (AvgIpc) is 2.91. The zero-order chi connectivity index (χ0) is 30.7. The molecule has 0 unspecified atom stereocenters. The summed E-state index contributed by atoms with van der Waals surface area (Å²) < 4.78 is 81.9. The number of aryl methyl sites for hydroxylation is 2. The molecule has 4 N–H and O–H groups in total. The van der Waals surface area contributed by atoms with Crippen LogP contribution in [0.4, 0.5) is 42.8 Å². The molecule has 3 aromatic rings. The van der Waals surface area contributed by atoms with Crippen LogP contribution >= 0.6 is 0 Å². The molecule has 8 nitrogen and oxygen atoms in total. The first-order valence-electron chi connectivity index (χ1n) is 13.0. The Bertz CT molecular complexity index is 1440. The highest BCUT2D eigenvalue weighted by Gasteiger charge is 2.36. The van der Waals surface area contributed by atoms with E-state index < -0.39 is 47.6 Å². The first-order valence-corrected chi connectivity index (χ1v) is 13.0. The first-order chi connectivity index (χ1) is 19.7. The molecule has 2 amide bonds. The van der Waals surface area contributed by atoms with E-state index in [1.165, 1.54) is 11.0 Å². The van der Waals surface area contributed by atoms with Crippen LogP contribution in [0.5, 0.6) is 0 Å². The third-order valence-electron chi connectivity index (χ3n) is 7.14. The van der Waals surface area contributed by atoms with Crippen LogP contribution in [-0.4, -0.2) is 45.1 Å². The third kappa shape index (κ3) is 7.47. The maximum atomic E-state index is 13.7. The maximum absolute atomic E-state index is 13.7. The molecule has 2 aromatic carbocycles. The SMILES string of the molecule is NC(=O)Cc1c(CCc2nc(Nc3ccc(C4CCN(C(=O)O)CC4)cc3)ncc2C(F)(F)F)cccc1C(F)(F)F. The Morgan fingerprint density at radius 1 is 0.952 bits per heavy atom. The van der Waals surface area contributed by atoms with Gasteiger partial charge in [-0.15, -0.1) is 0 Å². The van der Waals surface area contributed by atoms with Gasteiger partial charge in [-0.2, -0.15) is 26.3 Å². The summed E-state index contributed by atoms with van der Waals surface area (Å²) in [5.41, 5.74) is 3.66. The smallest absolute Gasteiger partial charge is 0.419 e. The molecule has 14 heteroatoms. The Morgan fingerprint density at radius 2 is 1.60 bits per heavy atom. The van der Waals surface area contributed by atoms with Crippen LogP contribution in [0.2, 0.25) is 0 Å². The molecule has 0 bridgehead atoms. The Labute approximate surface area is 236 Å². The van der Waals surface area contributed by atoms with Gasteiger partial charge in [-0.1, -0.05) is 24.3 Å². The zero-order valence-corrected chi connectivity index (χ0v) is 22.1. The number of primary amides is 1. The van der Waals surface area contributed by atoms with Crippen LogP contribution in [0.25, 0.3) is 0 Å². The fraction of sp³-hybridized carbons (Fsp3) is 0.357. The van der Waals surface area contributed by atoms with E-state index >= 15 is 0 Å². The highest BCUT2D eigenvalue weighted by molar-refractivity contribution is 5.77. The molecule has 42 heavy (non-hydrogen) atoms. The Kier molecular flexibility index (Phi) is 8.92. The molecule has 0 atom stereocenters. The fourth-order valence-electron chi connectivity index (χ4n) is 5.05. The first kappa shape index (κ1) is 30.6. The maximum Gasteiger partial charge on any atom is 0.419 e. The van der Waals surface area contributed by atoms with Crippen molar-refractivity contribution in [3.05, 3.63) is 82.2 Å². The summed E-state index contributed by atoms with van der Waals surface area (Å²) >= 11 is 0. The van der Waals surface area contributed by atoms with E-state index in [4.69, 9.17) is 10.8 Å². The van der Waals surface area contributed by atoms with Crippen molar-refractivity contribution in [1.82, 2.24) is 14.9 Å². The number of carbonyl (C=O) groups is 2. The number of hydrogen-bond acceptors (Lipinski definition) is 5. The number of piperidine rings is 1. The standard InChI is InChI=1S/C28H27F6N5O3/c29-27(30,31)21-3-1-2-18(20(21)14-24(35)40)6-9-23-22(28(32,33)34)15-36-25(38-23)37-19-7-4-16(5-8-19)17-10-12-39(13-11-17)26(41)42/h1-5,7-8,15,17H,6,9-14H2,(H2,35,40)(H,41,42)(H,36,37,38). The van der Waals surface area contributed by atoms with E-state index in [0.29, 0.717) is 37.8 Å². The molecule has 0 spiro atoms. The predicted octanol–water partition coefficient (Wildman–Crippen LogP) is 5.93. The van der Waals surface area contributed by atoms with E-state index in [1.54, 1.807) is 12.1 Å². The predicted molar refractivity (Wildman–Crippen MR) is 140 cm³/mol. The van der Waals surface area contributed by atoms with Gasteiger partial charge >= 0.3 is 18.4 Å². The molecule has 224 valence electrons. The van der Waals surface area contributed by atoms with Crippen molar-refractivity contribution in [3.63, 3.8) is 0 Å². The van der Waals surface area contributed by atoms with Gasteiger partial charge in [0, 0.05) is 25.0 Å². The average molecular weight is 596 g/mol. The minimum absolute atomic E-state index is 0.0367. The number of carbonyl (C=O) groups excluding carboxylic acids is 1. The number of halogens is 6. The van der Waals surface area contributed by atoms with Crippen LogP contribution in [0.15, 0.2) is 48.7 Å². The van der Waals surface area contributed by atoms with E-state index in [0.717, 1.165) is 17.7 Å². The van der Waals surface area contributed by atoms with Crippen molar-refractivity contribution < 1.29 is 41.0 Å². The lowest BCUT2D eigenvalue weighted by atomic mass is 9.89. The van der Waals surface area contributed by atoms with Gasteiger partial charge in [0.15, 0.2) is 0 Å². The van der Waals surface area contributed by atoms with Gasteiger partial charge in [0.2, 0.25) is 11.9 Å². The van der Waals surface area contributed by atoms with Gasteiger partial charge in [0.1, 0.15) is 0 Å². The molecule has 1 aliphatic heterocycles. The van der Waals surface area contributed by atoms with Crippen molar-refractivity contribution in [2.24, 2.45) is 5.73 Å². The second kappa shape index (κ2) is 12.2. The van der Waals surface area contributed by atoms with Gasteiger partial charge in [0.05, 0.1) is 23.2 Å². The molecule has 0 radical (unpaired) electrons. The fourth-order valence-corrected chi connectivity index (χ4v) is 5.05. The van der Waals surface area contributed by atoms with Crippen LogP contribution in [-0.2, 0) is 36.4 Å². The lowest BCUT2D eigenvalue weighted by molar-refractivity contribution is -0.139. The second-order valence-corrected chi connectivity index (χ2v) is 9.93. The quantitative estimate of drug-likeness (QED) is 0.278. The number of nitrogens with zero attached hydrogens (tertiary/aromatic N) is 3. The molecule has 0 saturated carbocycles. The van der Waals surface area contributed by atoms with Crippen LogP contribution in [0.3, 0.4) is 0 Å². The Balaban J connectivity index is 1.53. The van der Waals surface area contributed by atoms with Crippen LogP contribution in [0.1, 0.15) is 52.3 Å². The topological polar surface area (TPSA) is 121 Å². The summed E-state index contributed by atoms with van der Waals surface area (Å²) in [4.78, 5) is 31.8. The number of nitrogens with one attached hydrogen (secondary N) is 1. The van der Waals surface area contributed by atoms with Crippen molar-refractivity contribution in [1.29, 1.82) is 0 Å². The number of hydrogen-bond donors (Lipinski definition) is 3. The minimum atomic E-state index is -4.81. The number of alkyl halides is 6. The third-order valence-corrected chi connectivity index (χ3v) is 7.14. The summed E-state index contributed by atoms with van der Waals surface area (Å²) in [6.07, 6.45) is -9.97. The number of amides is 2. The zero-order valence-electron chi connectivity index (χ0n) is 22.1. The molecular weight excluding hydrogens is 568 g/mol. The number of likely N-dealkylation sites (tertiary alicyclic amines) is 1. The Morgan fingerprint density at radius 3 is 2.17 bits per heavy atom. The van der Waals surface area contributed by atoms with Gasteiger partial charge in [0.25, 0.3) is 0 Å². The number of anilines is 2. The van der Waals surface area contributed by atoms with Gasteiger partial charge in [-0.05, 0) is 66.5 Å². The van der Waals surface area contributed by atoms with E-state index in [-0.39, 0.29) is 35.8 Å². The van der Waals surface area contributed by atoms with Crippen LogP contribution < -0.4 is 11.1 Å². The van der Waals surface area contributed by atoms with E-state index in [1.807, 2.05) is 12.1 Å². The van der Waals surface area contributed by atoms with Crippen molar-refractivity contribution in [3.8, 4) is 0 Å². The number of aromatic nitrogens is 2. The minimum Gasteiger partial charge on any atom is -0.465 e. The summed E-state index contributed by atoms with van der Waals surface area (Å²) in [6, 6.07) is 10.3. The van der Waals surface area contributed by atoms with E-state index in [9.17, 15) is 35.9 Å². The number of rotatable bonds is 8. The van der Waals surface area contributed by atoms with Crippen molar-refractivity contribution in [2.75, 3.05) is 18.4 Å². The molecule has 1 saturated heterocycles. The molecular formula is C28H27F6N5O3. The summed E-state index contributed by atoms with van der Waals surface area (Å²) in [5.74, 6) is -0.977. The molecule has 1 aliphatic rings. The second-order valence-electron chi connectivity index (χ2n) is 9.93. The normalized spacial score (nSPS) is 14.6. The van der Waals surface area contributed by atoms with E-state index in [2.05, 4.69) is 15.3 Å². The van der Waals surface area contributed by atoms with Crippen molar-refractivity contribution in [2.45, 2.75) is 50.4 Å². The summed E-state index contributed by atoms with van der Waals surface area (Å²) in [5, 5.41) is 12.0. The molecule has 2 heterocycles. The lowest BCUT2D eigenvalue weighted by Gasteiger charge is -2.30. The molecule has 1 aromatic heterocycles. The number of benzene rings is 2.